The Morgan fingerprint density at radius 3 is 2.19 bits per heavy atom. The van der Waals surface area contributed by atoms with E-state index in [9.17, 15) is 4.79 Å². The monoisotopic (exact) mass is 441 g/mol. The number of amides is 2. The first kappa shape index (κ1) is 23.1. The summed E-state index contributed by atoms with van der Waals surface area (Å²) in [5.41, 5.74) is 1.31. The number of hydrogen-bond donors (Lipinski definition) is 1. The van der Waals surface area contributed by atoms with Crippen molar-refractivity contribution in [2.45, 2.75) is 57.7 Å². The van der Waals surface area contributed by atoms with E-state index in [-0.39, 0.29) is 11.1 Å². The van der Waals surface area contributed by atoms with E-state index < -0.39 is 8.32 Å². The Morgan fingerprint density at radius 1 is 1.06 bits per heavy atom. The van der Waals surface area contributed by atoms with Gasteiger partial charge in [0.05, 0.1) is 13.3 Å². The van der Waals surface area contributed by atoms with Gasteiger partial charge < -0.3 is 14.1 Å². The number of likely N-dealkylation sites (tertiary alicyclic amines) is 1. The number of aromatic nitrogens is 1. The van der Waals surface area contributed by atoms with E-state index >= 15 is 0 Å². The molecule has 0 unspecified atom stereocenters. The van der Waals surface area contributed by atoms with Crippen LogP contribution in [0.3, 0.4) is 0 Å². The third kappa shape index (κ3) is 5.79. The molecule has 0 atom stereocenters. The van der Waals surface area contributed by atoms with E-state index in [1.54, 1.807) is 13.3 Å². The third-order valence-electron chi connectivity index (χ3n) is 6.52. The molecule has 7 heteroatoms. The Hall–Kier alpha value is -2.54. The number of benzene rings is 1. The van der Waals surface area contributed by atoms with Crippen LogP contribution in [0.2, 0.25) is 18.1 Å². The molecule has 1 saturated heterocycles. The number of methoxy groups -OCH3 is 1. The summed E-state index contributed by atoms with van der Waals surface area (Å²) in [6.45, 7) is 12.5. The first-order valence-corrected chi connectivity index (χ1v) is 13.8. The standard InChI is InChI=1S/C24H35N3O3Si/c1-24(2,3)31(5,6)30-21-11-12-22(25-17-21)26-23(28)27-15-13-19(14-16-27)18-7-9-20(29-4)10-8-18/h7-12,17,19H,13-16H2,1-6H3,(H,25,26,28). The second-order valence-electron chi connectivity index (χ2n) is 9.71. The summed E-state index contributed by atoms with van der Waals surface area (Å²) in [7, 11) is -0.228. The van der Waals surface area contributed by atoms with Crippen LogP contribution in [0.4, 0.5) is 10.6 Å². The van der Waals surface area contributed by atoms with Crippen LogP contribution in [0, 0.1) is 0 Å². The fourth-order valence-electron chi connectivity index (χ4n) is 3.44. The molecule has 6 nitrogen and oxygen atoms in total. The van der Waals surface area contributed by atoms with Crippen LogP contribution in [0.15, 0.2) is 42.6 Å². The largest absolute Gasteiger partial charge is 0.542 e. The summed E-state index contributed by atoms with van der Waals surface area (Å²) >= 11 is 0. The van der Waals surface area contributed by atoms with E-state index in [1.165, 1.54) is 5.56 Å². The molecule has 1 N–H and O–H groups in total. The predicted molar refractivity (Wildman–Crippen MR) is 128 cm³/mol. The smallest absolute Gasteiger partial charge is 0.323 e. The minimum atomic E-state index is -1.90. The maximum absolute atomic E-state index is 12.7. The fraction of sp³-hybridized carbons (Fsp3) is 0.500. The number of urea groups is 1. The van der Waals surface area contributed by atoms with E-state index in [1.807, 2.05) is 29.2 Å². The Morgan fingerprint density at radius 2 is 1.68 bits per heavy atom. The molecule has 0 saturated carbocycles. The van der Waals surface area contributed by atoms with Gasteiger partial charge in [-0.1, -0.05) is 32.9 Å². The van der Waals surface area contributed by atoms with E-state index in [0.29, 0.717) is 11.7 Å². The summed E-state index contributed by atoms with van der Waals surface area (Å²) in [5, 5.41) is 3.04. The molecule has 3 rings (SSSR count). The van der Waals surface area contributed by atoms with Gasteiger partial charge in [-0.05, 0) is 66.7 Å². The normalized spacial score (nSPS) is 15.5. The minimum absolute atomic E-state index is 0.0984. The van der Waals surface area contributed by atoms with Crippen molar-refractivity contribution >= 4 is 20.2 Å². The Bertz CT molecular complexity index is 868. The zero-order valence-electron chi connectivity index (χ0n) is 19.6. The number of hydrogen-bond acceptors (Lipinski definition) is 4. The maximum Gasteiger partial charge on any atom is 0.323 e. The van der Waals surface area contributed by atoms with Crippen molar-refractivity contribution in [1.29, 1.82) is 0 Å². The van der Waals surface area contributed by atoms with Gasteiger partial charge >= 0.3 is 6.03 Å². The van der Waals surface area contributed by atoms with Crippen LogP contribution in [0.5, 0.6) is 11.5 Å². The molecular formula is C24H35N3O3Si. The predicted octanol–water partition coefficient (Wildman–Crippen LogP) is 5.89. The summed E-state index contributed by atoms with van der Waals surface area (Å²) in [4.78, 5) is 18.9. The van der Waals surface area contributed by atoms with Gasteiger partial charge in [-0.2, -0.15) is 0 Å². The van der Waals surface area contributed by atoms with Gasteiger partial charge in [0.2, 0.25) is 0 Å². The highest BCUT2D eigenvalue weighted by Gasteiger charge is 2.39. The number of carbonyl (C=O) groups excluding carboxylic acids is 1. The van der Waals surface area contributed by atoms with Crippen molar-refractivity contribution in [1.82, 2.24) is 9.88 Å². The fourth-order valence-corrected chi connectivity index (χ4v) is 4.46. The Kier molecular flexibility index (Phi) is 6.94. The molecule has 1 aromatic carbocycles. The highest BCUT2D eigenvalue weighted by atomic mass is 28.4. The number of anilines is 1. The first-order valence-electron chi connectivity index (χ1n) is 10.9. The zero-order chi connectivity index (χ0) is 22.6. The number of nitrogens with one attached hydrogen (secondary N) is 1. The average Bonchev–Trinajstić information content (AvgIpc) is 2.74. The van der Waals surface area contributed by atoms with Crippen molar-refractivity contribution < 1.29 is 14.0 Å². The van der Waals surface area contributed by atoms with E-state index in [0.717, 1.165) is 37.4 Å². The summed E-state index contributed by atoms with van der Waals surface area (Å²) in [6, 6.07) is 11.8. The Labute approximate surface area is 187 Å². The van der Waals surface area contributed by atoms with Crippen LogP contribution >= 0.6 is 0 Å². The average molecular weight is 442 g/mol. The molecule has 168 valence electrons. The van der Waals surface area contributed by atoms with Gasteiger partial charge in [-0.25, -0.2) is 9.78 Å². The van der Waals surface area contributed by atoms with Crippen molar-refractivity contribution in [2.75, 3.05) is 25.5 Å². The summed E-state index contributed by atoms with van der Waals surface area (Å²) < 4.78 is 11.5. The molecule has 0 spiro atoms. The Balaban J connectivity index is 1.51. The number of carbonyl (C=O) groups is 1. The number of pyridine rings is 1. The topological polar surface area (TPSA) is 63.7 Å². The summed E-state index contributed by atoms with van der Waals surface area (Å²) in [6.07, 6.45) is 3.60. The van der Waals surface area contributed by atoms with Gasteiger partial charge in [0.15, 0.2) is 0 Å². The van der Waals surface area contributed by atoms with Crippen LogP contribution in [-0.4, -0.2) is 44.4 Å². The SMILES string of the molecule is COc1ccc(C2CCN(C(=O)Nc3ccc(O[Si](C)(C)C(C)(C)C)cn3)CC2)cc1. The van der Waals surface area contributed by atoms with Crippen molar-refractivity contribution in [3.05, 3.63) is 48.2 Å². The molecule has 0 bridgehead atoms. The van der Waals surface area contributed by atoms with Gasteiger partial charge in [0.25, 0.3) is 8.32 Å². The van der Waals surface area contributed by atoms with Crippen LogP contribution < -0.4 is 14.5 Å². The molecule has 0 radical (unpaired) electrons. The van der Waals surface area contributed by atoms with Gasteiger partial charge in [-0.15, -0.1) is 0 Å². The quantitative estimate of drug-likeness (QED) is 0.588. The van der Waals surface area contributed by atoms with Gasteiger partial charge in [0, 0.05) is 13.1 Å². The second kappa shape index (κ2) is 9.30. The lowest BCUT2D eigenvalue weighted by atomic mass is 9.89. The molecule has 1 fully saturated rings. The van der Waals surface area contributed by atoms with Crippen molar-refractivity contribution in [2.24, 2.45) is 0 Å². The lowest BCUT2D eigenvalue weighted by Crippen LogP contribution is -2.43. The molecule has 0 aliphatic carbocycles. The molecule has 31 heavy (non-hydrogen) atoms. The number of piperidine rings is 1. The maximum atomic E-state index is 12.7. The lowest BCUT2D eigenvalue weighted by Gasteiger charge is -2.36. The van der Waals surface area contributed by atoms with Crippen molar-refractivity contribution in [3.63, 3.8) is 0 Å². The lowest BCUT2D eigenvalue weighted by molar-refractivity contribution is 0.194. The van der Waals surface area contributed by atoms with Crippen LogP contribution in [0.1, 0.15) is 45.1 Å². The van der Waals surface area contributed by atoms with Crippen LogP contribution in [0.25, 0.3) is 0 Å². The second-order valence-corrected chi connectivity index (χ2v) is 14.4. The zero-order valence-corrected chi connectivity index (χ0v) is 20.6. The van der Waals surface area contributed by atoms with E-state index in [4.69, 9.17) is 9.16 Å². The molecule has 1 aromatic heterocycles. The molecule has 1 aliphatic rings. The highest BCUT2D eigenvalue weighted by Crippen LogP contribution is 2.37. The first-order chi connectivity index (χ1) is 14.6. The van der Waals surface area contributed by atoms with E-state index in [2.05, 4.69) is 56.3 Å². The van der Waals surface area contributed by atoms with Gasteiger partial charge in [-0.3, -0.25) is 5.32 Å². The number of ether oxygens (including phenoxy) is 1. The van der Waals surface area contributed by atoms with Crippen molar-refractivity contribution in [3.8, 4) is 11.5 Å². The third-order valence-corrected chi connectivity index (χ3v) is 10.9. The van der Waals surface area contributed by atoms with Crippen LogP contribution in [-0.2, 0) is 0 Å². The minimum Gasteiger partial charge on any atom is -0.542 e. The molecule has 2 aromatic rings. The number of rotatable bonds is 5. The number of nitrogens with zero attached hydrogens (tertiary/aromatic N) is 2. The highest BCUT2D eigenvalue weighted by molar-refractivity contribution is 6.74. The molecular weight excluding hydrogens is 406 g/mol. The molecule has 2 amide bonds. The van der Waals surface area contributed by atoms with Gasteiger partial charge in [0.1, 0.15) is 17.3 Å². The molecule has 1 aliphatic heterocycles. The molecule has 2 heterocycles. The summed E-state index contributed by atoms with van der Waals surface area (Å²) in [5.74, 6) is 2.64.